The van der Waals surface area contributed by atoms with Crippen molar-refractivity contribution in [1.82, 2.24) is 19.3 Å². The minimum absolute atomic E-state index is 0. The zero-order valence-corrected chi connectivity index (χ0v) is 30.3. The van der Waals surface area contributed by atoms with Crippen molar-refractivity contribution < 1.29 is 29.6 Å². The molecule has 0 spiro atoms. The molecule has 0 N–H and O–H groups in total. The number of fused-ring (bicyclic) bond motifs is 3. The molecule has 0 aliphatic rings. The summed E-state index contributed by atoms with van der Waals surface area (Å²) in [5.74, 6) is 1.61. The summed E-state index contributed by atoms with van der Waals surface area (Å²) >= 11 is 0. The van der Waals surface area contributed by atoms with Crippen LogP contribution in [-0.4, -0.2) is 19.3 Å². The first-order valence-electron chi connectivity index (χ1n) is 16.5. The second-order valence-electron chi connectivity index (χ2n) is 14.0. The average molecular weight is 741 g/mol. The molecular weight excluding hydrogens is 702 g/mol. The quantitative estimate of drug-likeness (QED) is 0.121. The molecule has 4 aromatic carbocycles. The van der Waals surface area contributed by atoms with Gasteiger partial charge in [0.25, 0.3) is 0 Å². The molecule has 250 valence electrons. The molecule has 7 heteroatoms. The first-order chi connectivity index (χ1) is 23.0. The van der Waals surface area contributed by atoms with Gasteiger partial charge in [-0.3, -0.25) is 4.68 Å². The predicted molar refractivity (Wildman–Crippen MR) is 192 cm³/mol. The van der Waals surface area contributed by atoms with Gasteiger partial charge in [0.05, 0.1) is 11.4 Å². The van der Waals surface area contributed by atoms with Crippen molar-refractivity contribution in [2.75, 3.05) is 0 Å². The summed E-state index contributed by atoms with van der Waals surface area (Å²) in [5.41, 5.74) is 8.38. The van der Waals surface area contributed by atoms with Gasteiger partial charge in [-0.25, -0.2) is 9.37 Å². The van der Waals surface area contributed by atoms with Crippen LogP contribution in [0.3, 0.4) is 0 Å². The number of benzene rings is 4. The van der Waals surface area contributed by atoms with Gasteiger partial charge in [-0.05, 0) is 51.6 Å². The summed E-state index contributed by atoms with van der Waals surface area (Å²) in [6, 6.07) is 36.4. The maximum Gasteiger partial charge on any atom is 2.00 e. The van der Waals surface area contributed by atoms with E-state index >= 15 is 0 Å². The van der Waals surface area contributed by atoms with E-state index in [0.717, 1.165) is 38.9 Å². The molecule has 49 heavy (non-hydrogen) atoms. The zero-order chi connectivity index (χ0) is 33.7. The zero-order valence-electron chi connectivity index (χ0n) is 28.8. The Hall–Kier alpha value is -4.57. The largest absolute Gasteiger partial charge is 2.00 e. The van der Waals surface area contributed by atoms with Crippen LogP contribution in [0, 0.1) is 17.9 Å². The summed E-state index contributed by atoms with van der Waals surface area (Å²) in [6.45, 7) is 15.5. The number of rotatable bonds is 7. The molecule has 0 radical (unpaired) electrons. The Bertz CT molecular complexity index is 2280. The number of hydrogen-bond acceptors (Lipinski definition) is 3. The SMILES string of the molecule is CC(C)c1nn(-c2[c-]c(Oc3[c-]c4c(cc3)c3ccccc3n4-c3cc(F)ccn3)ccc2)c(C(C)C)c1-c1ccc(C(C)(C)C)cc1.[Pd+2]. The van der Waals surface area contributed by atoms with Crippen LogP contribution < -0.4 is 4.74 Å². The Morgan fingerprint density at radius 2 is 1.51 bits per heavy atom. The van der Waals surface area contributed by atoms with Crippen molar-refractivity contribution in [3.05, 3.63) is 132 Å². The van der Waals surface area contributed by atoms with E-state index in [2.05, 4.69) is 89.8 Å². The molecule has 7 aromatic rings. The smallest absolute Gasteiger partial charge is 0.509 e. The van der Waals surface area contributed by atoms with Gasteiger partial charge in [0.15, 0.2) is 0 Å². The summed E-state index contributed by atoms with van der Waals surface area (Å²) in [5, 5.41) is 7.20. The molecule has 5 nitrogen and oxygen atoms in total. The number of ether oxygens (including phenoxy) is 1. The second-order valence-corrected chi connectivity index (χ2v) is 14.0. The number of pyridine rings is 1. The monoisotopic (exact) mass is 740 g/mol. The number of para-hydroxylation sites is 1. The van der Waals surface area contributed by atoms with E-state index in [9.17, 15) is 4.39 Å². The molecule has 0 unspecified atom stereocenters. The van der Waals surface area contributed by atoms with Gasteiger partial charge in [-0.1, -0.05) is 96.4 Å². The van der Waals surface area contributed by atoms with Gasteiger partial charge in [-0.15, -0.1) is 35.7 Å². The predicted octanol–water partition coefficient (Wildman–Crippen LogP) is 11.1. The Morgan fingerprint density at radius 1 is 0.776 bits per heavy atom. The van der Waals surface area contributed by atoms with E-state index in [-0.39, 0.29) is 43.5 Å². The van der Waals surface area contributed by atoms with E-state index in [0.29, 0.717) is 17.3 Å². The van der Waals surface area contributed by atoms with Crippen LogP contribution in [0.25, 0.3) is 44.4 Å². The van der Waals surface area contributed by atoms with Crippen LogP contribution in [0.2, 0.25) is 0 Å². The van der Waals surface area contributed by atoms with Gasteiger partial charge in [0.1, 0.15) is 11.6 Å². The third-order valence-electron chi connectivity index (χ3n) is 8.78. The van der Waals surface area contributed by atoms with Crippen LogP contribution in [0.4, 0.5) is 4.39 Å². The first kappa shape index (κ1) is 34.3. The van der Waals surface area contributed by atoms with Crippen LogP contribution >= 0.6 is 0 Å². The third kappa shape index (κ3) is 6.46. The molecule has 0 saturated heterocycles. The van der Waals surface area contributed by atoms with Crippen molar-refractivity contribution >= 4 is 21.8 Å². The number of nitrogens with zero attached hydrogens (tertiary/aromatic N) is 4. The van der Waals surface area contributed by atoms with Crippen molar-refractivity contribution in [1.29, 1.82) is 0 Å². The summed E-state index contributed by atoms with van der Waals surface area (Å²) in [7, 11) is 0. The van der Waals surface area contributed by atoms with E-state index < -0.39 is 0 Å². The molecule has 0 bridgehead atoms. The molecule has 0 saturated carbocycles. The van der Waals surface area contributed by atoms with Crippen LogP contribution in [-0.2, 0) is 25.8 Å². The van der Waals surface area contributed by atoms with Gasteiger partial charge in [-0.2, -0.15) is 17.2 Å². The fourth-order valence-electron chi connectivity index (χ4n) is 6.43. The molecule has 0 atom stereocenters. The maximum atomic E-state index is 14.3. The summed E-state index contributed by atoms with van der Waals surface area (Å²) in [4.78, 5) is 4.47. The van der Waals surface area contributed by atoms with Gasteiger partial charge in [0, 0.05) is 34.8 Å². The molecule has 7 rings (SSSR count). The standard InChI is InChI=1S/C42H39FN4O.Pd/c1-26(2)40-39(28-15-17-29(18-16-28)42(5,6)7)41(27(3)4)47(45-40)31-11-10-12-32(24-31)48-33-19-20-35-34-13-8-9-14-36(34)46(37(35)25-33)38-23-30(43)21-22-44-38;/h8-23,26-27H,1-7H3;/q-2;+2. The average Bonchev–Trinajstić information content (AvgIpc) is 3.62. The summed E-state index contributed by atoms with van der Waals surface area (Å²) < 4.78 is 24.7. The number of halogens is 1. The van der Waals surface area contributed by atoms with E-state index in [1.165, 1.54) is 35.0 Å². The van der Waals surface area contributed by atoms with Crippen molar-refractivity contribution in [2.45, 2.75) is 65.7 Å². The number of hydrogen-bond donors (Lipinski definition) is 0. The molecule has 3 heterocycles. The molecule has 3 aromatic heterocycles. The normalized spacial score (nSPS) is 11.9. The van der Waals surface area contributed by atoms with Crippen molar-refractivity contribution in [3.63, 3.8) is 0 Å². The van der Waals surface area contributed by atoms with E-state index in [1.807, 2.05) is 63.8 Å². The maximum absolute atomic E-state index is 14.3. The minimum Gasteiger partial charge on any atom is -0.509 e. The van der Waals surface area contributed by atoms with Gasteiger partial charge >= 0.3 is 20.4 Å². The van der Waals surface area contributed by atoms with Gasteiger partial charge in [0.2, 0.25) is 0 Å². The van der Waals surface area contributed by atoms with Crippen LogP contribution in [0.1, 0.15) is 77.3 Å². The Labute approximate surface area is 301 Å². The molecule has 0 amide bonds. The minimum atomic E-state index is -0.352. The second kappa shape index (κ2) is 13.4. The van der Waals surface area contributed by atoms with Crippen molar-refractivity contribution in [3.8, 4) is 34.1 Å². The van der Waals surface area contributed by atoms with Crippen molar-refractivity contribution in [2.24, 2.45) is 0 Å². The third-order valence-corrected chi connectivity index (χ3v) is 8.78. The van der Waals surface area contributed by atoms with Gasteiger partial charge < -0.3 is 9.30 Å². The van der Waals surface area contributed by atoms with Crippen LogP contribution in [0.15, 0.2) is 97.2 Å². The van der Waals surface area contributed by atoms with E-state index in [4.69, 9.17) is 9.84 Å². The van der Waals surface area contributed by atoms with Crippen LogP contribution in [0.5, 0.6) is 11.5 Å². The summed E-state index contributed by atoms with van der Waals surface area (Å²) in [6.07, 6.45) is 1.48. The van der Waals surface area contributed by atoms with E-state index in [1.54, 1.807) is 0 Å². The Morgan fingerprint density at radius 3 is 2.20 bits per heavy atom. The fourth-order valence-corrected chi connectivity index (χ4v) is 6.43. The Kier molecular flexibility index (Phi) is 9.37. The topological polar surface area (TPSA) is 44.9 Å². The fraction of sp³-hybridized carbons (Fsp3) is 0.238. The molecule has 0 aliphatic heterocycles. The molecular formula is C42H39FN4OPd. The molecule has 0 fully saturated rings. The number of aromatic nitrogens is 4. The Balaban J connectivity index is 0.00000417. The molecule has 0 aliphatic carbocycles. The first-order valence-corrected chi connectivity index (χ1v) is 16.5.